The lowest BCUT2D eigenvalue weighted by atomic mass is 10.1. The standard InChI is InChI=1S/C20H25N3O6/c1-11-9-17(25)28-15-10-12(5-6-13(11)15)22-18(26)14(7-8-16(21)24)23-19(27)29-20(2,3)4/h5-6,9-10,14H,7-8H2,1-4H3,(H2,21,24)(H,22,26)(H,23,27)/t14-/m0/s1. The van der Waals surface area contributed by atoms with Crippen molar-refractivity contribution in [2.75, 3.05) is 5.32 Å². The number of ether oxygens (including phenoxy) is 1. The van der Waals surface area contributed by atoms with Crippen LogP contribution in [0.5, 0.6) is 0 Å². The fourth-order valence-corrected chi connectivity index (χ4v) is 2.64. The van der Waals surface area contributed by atoms with Crippen LogP contribution in [0, 0.1) is 6.92 Å². The molecule has 9 heteroatoms. The second-order valence-electron chi connectivity index (χ2n) is 7.65. The summed E-state index contributed by atoms with van der Waals surface area (Å²) < 4.78 is 10.3. The van der Waals surface area contributed by atoms with Crippen molar-refractivity contribution in [2.45, 2.75) is 52.2 Å². The van der Waals surface area contributed by atoms with E-state index in [0.29, 0.717) is 11.3 Å². The number of amides is 3. The van der Waals surface area contributed by atoms with Gasteiger partial charge in [0.1, 0.15) is 17.2 Å². The maximum absolute atomic E-state index is 12.7. The molecule has 0 aliphatic heterocycles. The van der Waals surface area contributed by atoms with Gasteiger partial charge in [-0.3, -0.25) is 9.59 Å². The first-order valence-electron chi connectivity index (χ1n) is 9.08. The van der Waals surface area contributed by atoms with Crippen LogP contribution in [-0.2, 0) is 14.3 Å². The average molecular weight is 403 g/mol. The van der Waals surface area contributed by atoms with Crippen molar-refractivity contribution in [3.05, 3.63) is 40.2 Å². The molecule has 3 amide bonds. The molecule has 4 N–H and O–H groups in total. The minimum atomic E-state index is -1.04. The lowest BCUT2D eigenvalue weighted by Gasteiger charge is -2.23. The molecule has 1 atom stereocenters. The smallest absolute Gasteiger partial charge is 0.408 e. The number of carbonyl (C=O) groups excluding carboxylic acids is 3. The summed E-state index contributed by atoms with van der Waals surface area (Å²) in [7, 11) is 0. The largest absolute Gasteiger partial charge is 0.444 e. The highest BCUT2D eigenvalue weighted by atomic mass is 16.6. The number of primary amides is 1. The number of anilines is 1. The monoisotopic (exact) mass is 403 g/mol. The first-order chi connectivity index (χ1) is 13.4. The van der Waals surface area contributed by atoms with Gasteiger partial charge in [0.15, 0.2) is 0 Å². The normalized spacial score (nSPS) is 12.3. The molecule has 0 aliphatic rings. The number of hydrogen-bond acceptors (Lipinski definition) is 6. The van der Waals surface area contributed by atoms with Gasteiger partial charge in [-0.2, -0.15) is 0 Å². The van der Waals surface area contributed by atoms with E-state index in [2.05, 4.69) is 10.6 Å². The van der Waals surface area contributed by atoms with Crippen molar-refractivity contribution in [1.82, 2.24) is 5.32 Å². The number of carbonyl (C=O) groups is 3. The second kappa shape index (κ2) is 8.76. The van der Waals surface area contributed by atoms with Crippen molar-refractivity contribution in [1.29, 1.82) is 0 Å². The van der Waals surface area contributed by atoms with Crippen LogP contribution in [-0.4, -0.2) is 29.6 Å². The molecule has 0 saturated heterocycles. The number of nitrogens with two attached hydrogens (primary N) is 1. The van der Waals surface area contributed by atoms with Gasteiger partial charge in [0, 0.05) is 29.6 Å². The molecule has 1 aromatic carbocycles. The van der Waals surface area contributed by atoms with Gasteiger partial charge in [-0.1, -0.05) is 0 Å². The third-order valence-electron chi connectivity index (χ3n) is 3.91. The summed E-state index contributed by atoms with van der Waals surface area (Å²) in [4.78, 5) is 47.4. The zero-order chi connectivity index (χ0) is 21.8. The SMILES string of the molecule is Cc1cc(=O)oc2cc(NC(=O)[C@H](CCC(N)=O)NC(=O)OC(C)(C)C)ccc12. The Bertz CT molecular complexity index is 990. The number of alkyl carbamates (subject to hydrolysis) is 1. The topological polar surface area (TPSA) is 141 Å². The van der Waals surface area contributed by atoms with Gasteiger partial charge < -0.3 is 25.5 Å². The van der Waals surface area contributed by atoms with Crippen LogP contribution in [0.2, 0.25) is 0 Å². The summed E-state index contributed by atoms with van der Waals surface area (Å²) in [5.74, 6) is -1.16. The molecule has 0 aliphatic carbocycles. The molecule has 9 nitrogen and oxygen atoms in total. The summed E-state index contributed by atoms with van der Waals surface area (Å²) >= 11 is 0. The molecule has 0 spiro atoms. The Balaban J connectivity index is 2.19. The Morgan fingerprint density at radius 2 is 1.90 bits per heavy atom. The minimum Gasteiger partial charge on any atom is -0.444 e. The van der Waals surface area contributed by atoms with E-state index in [9.17, 15) is 19.2 Å². The van der Waals surface area contributed by atoms with Crippen molar-refractivity contribution < 1.29 is 23.5 Å². The molecule has 0 radical (unpaired) electrons. The highest BCUT2D eigenvalue weighted by molar-refractivity contribution is 5.98. The predicted octanol–water partition coefficient (Wildman–Crippen LogP) is 2.20. The van der Waals surface area contributed by atoms with Gasteiger partial charge in [-0.25, -0.2) is 9.59 Å². The number of aryl methyl sites for hydroxylation is 1. The Labute approximate surface area is 167 Å². The zero-order valence-corrected chi connectivity index (χ0v) is 16.8. The van der Waals surface area contributed by atoms with E-state index in [1.165, 1.54) is 12.1 Å². The van der Waals surface area contributed by atoms with E-state index in [0.717, 1.165) is 10.9 Å². The number of benzene rings is 1. The summed E-state index contributed by atoms with van der Waals surface area (Å²) in [5, 5.41) is 5.83. The van der Waals surface area contributed by atoms with Crippen molar-refractivity contribution in [2.24, 2.45) is 5.73 Å². The molecular weight excluding hydrogens is 378 g/mol. The summed E-state index contributed by atoms with van der Waals surface area (Å²) in [6.07, 6.45) is -0.885. The van der Waals surface area contributed by atoms with Gasteiger partial charge in [0.2, 0.25) is 11.8 Å². The highest BCUT2D eigenvalue weighted by Crippen LogP contribution is 2.21. The predicted molar refractivity (Wildman–Crippen MR) is 107 cm³/mol. The Morgan fingerprint density at radius 3 is 2.52 bits per heavy atom. The molecule has 156 valence electrons. The van der Waals surface area contributed by atoms with Crippen LogP contribution >= 0.6 is 0 Å². The maximum atomic E-state index is 12.7. The molecule has 2 rings (SSSR count). The lowest BCUT2D eigenvalue weighted by molar-refractivity contribution is -0.119. The van der Waals surface area contributed by atoms with Gasteiger partial charge >= 0.3 is 11.7 Å². The van der Waals surface area contributed by atoms with E-state index < -0.39 is 35.2 Å². The Hall–Kier alpha value is -3.36. The van der Waals surface area contributed by atoms with Gasteiger partial charge in [-0.15, -0.1) is 0 Å². The van der Waals surface area contributed by atoms with Crippen LogP contribution in [0.1, 0.15) is 39.2 Å². The molecule has 0 bridgehead atoms. The third kappa shape index (κ3) is 6.63. The molecular formula is C20H25N3O6. The number of hydrogen-bond donors (Lipinski definition) is 3. The molecule has 0 saturated carbocycles. The fraction of sp³-hybridized carbons (Fsp3) is 0.400. The van der Waals surface area contributed by atoms with E-state index >= 15 is 0 Å². The molecule has 0 unspecified atom stereocenters. The average Bonchev–Trinajstić information content (AvgIpc) is 2.56. The highest BCUT2D eigenvalue weighted by Gasteiger charge is 2.25. The lowest BCUT2D eigenvalue weighted by Crippen LogP contribution is -2.46. The van der Waals surface area contributed by atoms with Gasteiger partial charge in [0.25, 0.3) is 0 Å². The summed E-state index contributed by atoms with van der Waals surface area (Å²) in [6, 6.07) is 5.21. The number of fused-ring (bicyclic) bond motifs is 1. The van der Waals surface area contributed by atoms with Crippen LogP contribution in [0.15, 0.2) is 33.5 Å². The van der Waals surface area contributed by atoms with Crippen LogP contribution in [0.3, 0.4) is 0 Å². The van der Waals surface area contributed by atoms with Crippen LogP contribution in [0.25, 0.3) is 11.0 Å². The Morgan fingerprint density at radius 1 is 1.21 bits per heavy atom. The van der Waals surface area contributed by atoms with Crippen molar-refractivity contribution in [3.63, 3.8) is 0 Å². The van der Waals surface area contributed by atoms with Crippen molar-refractivity contribution in [3.8, 4) is 0 Å². The van der Waals surface area contributed by atoms with E-state index in [1.54, 1.807) is 39.8 Å². The van der Waals surface area contributed by atoms with E-state index in [4.69, 9.17) is 14.9 Å². The molecule has 1 aromatic heterocycles. The molecule has 0 fully saturated rings. The fourth-order valence-electron chi connectivity index (χ4n) is 2.64. The Kier molecular flexibility index (Phi) is 6.63. The second-order valence-corrected chi connectivity index (χ2v) is 7.65. The number of nitrogens with one attached hydrogen (secondary N) is 2. The van der Waals surface area contributed by atoms with Crippen molar-refractivity contribution >= 4 is 34.6 Å². The van der Waals surface area contributed by atoms with Gasteiger partial charge in [0.05, 0.1) is 0 Å². The van der Waals surface area contributed by atoms with E-state index in [1.807, 2.05) is 0 Å². The zero-order valence-electron chi connectivity index (χ0n) is 16.8. The molecule has 2 aromatic rings. The number of rotatable bonds is 6. The maximum Gasteiger partial charge on any atom is 0.408 e. The summed E-state index contributed by atoms with van der Waals surface area (Å²) in [6.45, 7) is 6.85. The van der Waals surface area contributed by atoms with Crippen LogP contribution in [0.4, 0.5) is 10.5 Å². The summed E-state index contributed by atoms with van der Waals surface area (Å²) in [5.41, 5.74) is 5.35. The first kappa shape index (κ1) is 21.9. The van der Waals surface area contributed by atoms with Crippen LogP contribution < -0.4 is 22.0 Å². The first-order valence-corrected chi connectivity index (χ1v) is 9.08. The molecule has 29 heavy (non-hydrogen) atoms. The minimum absolute atomic E-state index is 0.00216. The quantitative estimate of drug-likeness (QED) is 0.632. The van der Waals surface area contributed by atoms with E-state index in [-0.39, 0.29) is 12.8 Å². The van der Waals surface area contributed by atoms with Gasteiger partial charge in [-0.05, 0) is 51.8 Å². The molecule has 1 heterocycles. The third-order valence-corrected chi connectivity index (χ3v) is 3.91.